The third-order valence-electron chi connectivity index (χ3n) is 6.30. The van der Waals surface area contributed by atoms with Gasteiger partial charge in [-0.2, -0.15) is 0 Å². The third-order valence-corrected chi connectivity index (χ3v) is 6.30. The molecule has 0 aromatic rings. The smallest absolute Gasteiger partial charge is 0.318 e. The molecule has 4 rings (SSSR count). The van der Waals surface area contributed by atoms with Gasteiger partial charge in [-0.3, -0.25) is 38.4 Å². The summed E-state index contributed by atoms with van der Waals surface area (Å²) in [6.07, 6.45) is -1.11. The summed E-state index contributed by atoms with van der Waals surface area (Å²) in [5.41, 5.74) is 0. The zero-order chi connectivity index (χ0) is 22.6. The number of ether oxygens (including phenoxy) is 4. The van der Waals surface area contributed by atoms with Crippen molar-refractivity contribution in [2.75, 3.05) is 0 Å². The molecule has 0 radical (unpaired) electrons. The van der Waals surface area contributed by atoms with Crippen LogP contribution in [0.25, 0.3) is 0 Å². The van der Waals surface area contributed by atoms with E-state index in [1.54, 1.807) is 0 Å². The van der Waals surface area contributed by atoms with Crippen molar-refractivity contribution in [3.05, 3.63) is 0 Å². The lowest BCUT2D eigenvalue weighted by Gasteiger charge is -2.35. The summed E-state index contributed by atoms with van der Waals surface area (Å²) in [4.78, 5) is 98.0. The van der Waals surface area contributed by atoms with Gasteiger partial charge in [-0.25, -0.2) is 0 Å². The molecule has 0 N–H and O–H groups in total. The minimum atomic E-state index is -1.43. The van der Waals surface area contributed by atoms with Crippen molar-refractivity contribution in [3.8, 4) is 0 Å². The molecule has 12 heteroatoms. The summed E-state index contributed by atoms with van der Waals surface area (Å²) in [7, 11) is 0. The fourth-order valence-electron chi connectivity index (χ4n) is 4.87. The maximum absolute atomic E-state index is 12.6. The highest BCUT2D eigenvalue weighted by molar-refractivity contribution is 6.03. The highest BCUT2D eigenvalue weighted by Crippen LogP contribution is 2.47. The molecule has 3 saturated heterocycles. The Balaban J connectivity index is 1.81. The lowest BCUT2D eigenvalue weighted by molar-refractivity contribution is -0.183. The van der Waals surface area contributed by atoms with Crippen molar-refractivity contribution in [1.82, 2.24) is 0 Å². The topological polar surface area (TPSA) is 173 Å². The maximum atomic E-state index is 12.6. The van der Waals surface area contributed by atoms with Gasteiger partial charge in [0.25, 0.3) is 0 Å². The molecule has 1 saturated carbocycles. The van der Waals surface area contributed by atoms with Gasteiger partial charge in [0, 0.05) is 6.92 Å². The Kier molecular flexibility index (Phi) is 4.94. The average Bonchev–Trinajstić information content (AvgIpc) is 3.09. The Morgan fingerprint density at radius 2 is 1.06 bits per heavy atom. The number of rotatable bonds is 1. The number of hydrogen-bond acceptors (Lipinski definition) is 12. The maximum Gasteiger partial charge on any atom is 0.318 e. The second kappa shape index (κ2) is 7.36. The number of carbonyl (C=O) groups excluding carboxylic acids is 8. The van der Waals surface area contributed by atoms with Crippen LogP contribution in [0.2, 0.25) is 0 Å². The predicted octanol–water partition coefficient (Wildman–Crippen LogP) is -1.18. The van der Waals surface area contributed by atoms with Gasteiger partial charge in [0.15, 0.2) is 0 Å². The Morgan fingerprint density at radius 3 is 1.61 bits per heavy atom. The third kappa shape index (κ3) is 3.41. The lowest BCUT2D eigenvalue weighted by Crippen LogP contribution is -2.47. The molecule has 4 aliphatic rings. The van der Waals surface area contributed by atoms with E-state index in [2.05, 4.69) is 14.2 Å². The molecular formula is C19H16O12. The quantitative estimate of drug-likeness (QED) is 0.274. The fraction of sp³-hybridized carbons (Fsp3) is 0.579. The second-order valence-corrected chi connectivity index (χ2v) is 8.00. The molecule has 3 heterocycles. The van der Waals surface area contributed by atoms with E-state index in [1.165, 1.54) is 0 Å². The summed E-state index contributed by atoms with van der Waals surface area (Å²) in [6.45, 7) is 0.963. The van der Waals surface area contributed by atoms with E-state index in [4.69, 9.17) is 4.74 Å². The van der Waals surface area contributed by atoms with Crippen molar-refractivity contribution in [3.63, 3.8) is 0 Å². The van der Waals surface area contributed by atoms with Gasteiger partial charge in [0.05, 0.1) is 41.4 Å². The largest absolute Gasteiger partial charge is 0.393 e. The van der Waals surface area contributed by atoms with E-state index in [1.807, 2.05) is 0 Å². The standard InChI is InChI=1S/C19H16O12/c1-5(20)28-13(21)6-2-7-9(15(23)29-14(7)22)4-11-12(19(27)31-18(11)26)10-3-8(6)16(24)30-17(10)25/h6-12H,2-4H2,1H3. The molecule has 164 valence electrons. The van der Waals surface area contributed by atoms with Gasteiger partial charge in [0.2, 0.25) is 0 Å². The van der Waals surface area contributed by atoms with Crippen LogP contribution in [0, 0.1) is 41.4 Å². The number of esters is 8. The number of carbonyl (C=O) groups is 8. The van der Waals surface area contributed by atoms with Gasteiger partial charge in [-0.1, -0.05) is 0 Å². The molecule has 7 atom stereocenters. The molecule has 4 fully saturated rings. The molecule has 12 nitrogen and oxygen atoms in total. The summed E-state index contributed by atoms with van der Waals surface area (Å²) < 4.78 is 18.7. The van der Waals surface area contributed by atoms with Crippen molar-refractivity contribution in [2.24, 2.45) is 41.4 Å². The van der Waals surface area contributed by atoms with Crippen LogP contribution >= 0.6 is 0 Å². The van der Waals surface area contributed by atoms with Crippen molar-refractivity contribution in [1.29, 1.82) is 0 Å². The predicted molar refractivity (Wildman–Crippen MR) is 88.4 cm³/mol. The minimum absolute atomic E-state index is 0.332. The highest BCUT2D eigenvalue weighted by atomic mass is 16.6. The average molecular weight is 436 g/mol. The molecule has 0 aromatic carbocycles. The van der Waals surface area contributed by atoms with Crippen LogP contribution in [-0.2, 0) is 57.3 Å². The zero-order valence-electron chi connectivity index (χ0n) is 16.1. The summed E-state index contributed by atoms with van der Waals surface area (Å²) in [5, 5.41) is 0. The summed E-state index contributed by atoms with van der Waals surface area (Å²) in [5.74, 6) is -17.3. The van der Waals surface area contributed by atoms with Crippen LogP contribution in [0.5, 0.6) is 0 Å². The number of hydrogen-bond donors (Lipinski definition) is 0. The van der Waals surface area contributed by atoms with Crippen molar-refractivity contribution < 1.29 is 57.3 Å². The van der Waals surface area contributed by atoms with E-state index in [-0.39, 0.29) is 12.8 Å². The van der Waals surface area contributed by atoms with Crippen molar-refractivity contribution >= 4 is 47.8 Å². The number of fused-ring (bicyclic) bond motifs is 5. The van der Waals surface area contributed by atoms with Crippen LogP contribution < -0.4 is 0 Å². The first kappa shape index (κ1) is 20.8. The molecule has 2 bridgehead atoms. The van der Waals surface area contributed by atoms with Crippen LogP contribution in [0.4, 0.5) is 0 Å². The van der Waals surface area contributed by atoms with Crippen LogP contribution in [0.3, 0.4) is 0 Å². The van der Waals surface area contributed by atoms with Crippen LogP contribution in [-0.4, -0.2) is 47.8 Å². The van der Waals surface area contributed by atoms with E-state index in [0.717, 1.165) is 6.92 Å². The first-order chi connectivity index (χ1) is 14.6. The minimum Gasteiger partial charge on any atom is -0.393 e. The van der Waals surface area contributed by atoms with Gasteiger partial charge in [-0.15, -0.1) is 0 Å². The Morgan fingerprint density at radius 1 is 0.645 bits per heavy atom. The molecule has 3 aliphatic heterocycles. The first-order valence-corrected chi connectivity index (χ1v) is 9.57. The van der Waals surface area contributed by atoms with E-state index < -0.39 is 95.6 Å². The Hall–Kier alpha value is -3.44. The molecular weight excluding hydrogens is 420 g/mol. The Labute approximate surface area is 173 Å². The molecule has 0 amide bonds. The number of cyclic esters (lactones) is 6. The zero-order valence-corrected chi connectivity index (χ0v) is 16.1. The van der Waals surface area contributed by atoms with Gasteiger partial charge < -0.3 is 18.9 Å². The van der Waals surface area contributed by atoms with E-state index in [0.29, 0.717) is 0 Å². The van der Waals surface area contributed by atoms with Crippen LogP contribution in [0.15, 0.2) is 0 Å². The monoisotopic (exact) mass is 436 g/mol. The fourth-order valence-corrected chi connectivity index (χ4v) is 4.87. The van der Waals surface area contributed by atoms with Gasteiger partial charge in [-0.05, 0) is 19.3 Å². The van der Waals surface area contributed by atoms with E-state index in [9.17, 15) is 38.4 Å². The summed E-state index contributed by atoms with van der Waals surface area (Å²) in [6, 6.07) is 0. The first-order valence-electron chi connectivity index (χ1n) is 9.57. The van der Waals surface area contributed by atoms with Gasteiger partial charge >= 0.3 is 47.8 Å². The molecule has 31 heavy (non-hydrogen) atoms. The summed E-state index contributed by atoms with van der Waals surface area (Å²) >= 11 is 0. The van der Waals surface area contributed by atoms with Crippen LogP contribution in [0.1, 0.15) is 26.2 Å². The molecule has 1 aliphatic carbocycles. The molecule has 0 aromatic heterocycles. The van der Waals surface area contributed by atoms with Gasteiger partial charge in [0.1, 0.15) is 0 Å². The SMILES string of the molecule is CC(=O)OC(=O)C1CC2C(=O)OC(=O)C2CC2C(=O)OC(=O)C2C2CC1C(=O)OC2=O. The lowest BCUT2D eigenvalue weighted by atomic mass is 9.67. The normalized spacial score (nSPS) is 37.3. The Bertz CT molecular complexity index is 948. The highest BCUT2D eigenvalue weighted by Gasteiger charge is 2.60. The molecule has 0 spiro atoms. The van der Waals surface area contributed by atoms with Crippen molar-refractivity contribution in [2.45, 2.75) is 26.2 Å². The molecule has 7 unspecified atom stereocenters. The van der Waals surface area contributed by atoms with E-state index >= 15 is 0 Å². The second-order valence-electron chi connectivity index (χ2n) is 8.00.